The van der Waals surface area contributed by atoms with Gasteiger partial charge in [0.2, 0.25) is 0 Å². The van der Waals surface area contributed by atoms with Crippen LogP contribution in [0.3, 0.4) is 0 Å². The number of hydrogen-bond donors (Lipinski definition) is 1. The first kappa shape index (κ1) is 17.0. The molecule has 0 aliphatic rings. The van der Waals surface area contributed by atoms with Crippen molar-refractivity contribution in [2.45, 2.75) is 0 Å². The minimum Gasteiger partial charge on any atom is -0.543 e. The zero-order valence-electron chi connectivity index (χ0n) is 13.1. The fourth-order valence-corrected chi connectivity index (χ4v) is 2.00. The number of ether oxygens (including phenoxy) is 1. The van der Waals surface area contributed by atoms with E-state index < -0.39 is 11.9 Å². The van der Waals surface area contributed by atoms with E-state index in [2.05, 4.69) is 5.32 Å². The molecule has 24 heavy (non-hydrogen) atoms. The zero-order valence-corrected chi connectivity index (χ0v) is 13.1. The molecule has 0 aliphatic carbocycles. The molecule has 5 heteroatoms. The molecule has 1 amide bonds. The van der Waals surface area contributed by atoms with Gasteiger partial charge < -0.3 is 20.0 Å². The number of carboxylic acids is 1. The van der Waals surface area contributed by atoms with Gasteiger partial charge in [-0.25, -0.2) is 0 Å². The Morgan fingerprint density at radius 1 is 1.04 bits per heavy atom. The molecule has 0 heterocycles. The number of rotatable bonds is 6. The van der Waals surface area contributed by atoms with E-state index in [1.165, 1.54) is 19.3 Å². The summed E-state index contributed by atoms with van der Waals surface area (Å²) in [7, 11) is 1.43. The van der Waals surface area contributed by atoms with Crippen LogP contribution in [0.1, 0.15) is 15.9 Å². The molecule has 0 saturated carbocycles. The molecular formula is C19H16NO4-. The van der Waals surface area contributed by atoms with Crippen LogP contribution >= 0.6 is 0 Å². The standard InChI is InChI=1S/C19H17NO4/c1-24-17-13-6-5-11-15(17)18(21)20-16(19(22)23)12-7-10-14-8-3-2-4-9-14/h2-13H,1H3,(H,20,21)(H,22,23)/p-1/b10-7+,16-12+. The largest absolute Gasteiger partial charge is 0.543 e. The van der Waals surface area contributed by atoms with Gasteiger partial charge in [-0.3, -0.25) is 4.79 Å². The van der Waals surface area contributed by atoms with E-state index in [9.17, 15) is 14.7 Å². The molecule has 0 fully saturated rings. The van der Waals surface area contributed by atoms with E-state index in [1.54, 1.807) is 30.3 Å². The van der Waals surface area contributed by atoms with Crippen LogP contribution in [0.5, 0.6) is 5.75 Å². The Labute approximate surface area is 139 Å². The van der Waals surface area contributed by atoms with Crippen molar-refractivity contribution in [2.24, 2.45) is 0 Å². The van der Waals surface area contributed by atoms with Crippen molar-refractivity contribution in [2.75, 3.05) is 7.11 Å². The maximum absolute atomic E-state index is 12.2. The van der Waals surface area contributed by atoms with E-state index in [1.807, 2.05) is 30.3 Å². The topological polar surface area (TPSA) is 78.5 Å². The van der Waals surface area contributed by atoms with Crippen molar-refractivity contribution in [3.8, 4) is 5.75 Å². The van der Waals surface area contributed by atoms with Gasteiger partial charge in [-0.15, -0.1) is 0 Å². The van der Waals surface area contributed by atoms with Crippen molar-refractivity contribution >= 4 is 18.0 Å². The molecule has 122 valence electrons. The lowest BCUT2D eigenvalue weighted by atomic mass is 10.2. The van der Waals surface area contributed by atoms with E-state index in [4.69, 9.17) is 4.74 Å². The molecule has 0 aliphatic heterocycles. The lowest BCUT2D eigenvalue weighted by molar-refractivity contribution is -0.299. The van der Waals surface area contributed by atoms with Crippen LogP contribution in [0.2, 0.25) is 0 Å². The highest BCUT2D eigenvalue weighted by molar-refractivity contribution is 6.02. The van der Waals surface area contributed by atoms with Gasteiger partial charge in [-0.2, -0.15) is 0 Å². The number of carboxylic acid groups (broad SMARTS) is 1. The summed E-state index contributed by atoms with van der Waals surface area (Å²) in [6.07, 6.45) is 4.52. The Hall–Kier alpha value is -3.34. The number of benzene rings is 2. The number of carbonyl (C=O) groups excluding carboxylic acids is 2. The molecule has 0 spiro atoms. The summed E-state index contributed by atoms with van der Waals surface area (Å²) >= 11 is 0. The predicted molar refractivity (Wildman–Crippen MR) is 89.0 cm³/mol. The summed E-state index contributed by atoms with van der Waals surface area (Å²) in [5.41, 5.74) is 0.805. The number of para-hydroxylation sites is 1. The Kier molecular flexibility index (Phi) is 5.91. The SMILES string of the molecule is COc1ccccc1C(=O)N/C(=C/C=C/c1ccccc1)C(=O)[O-]. The zero-order chi connectivity index (χ0) is 17.4. The van der Waals surface area contributed by atoms with Gasteiger partial charge in [0.15, 0.2) is 0 Å². The lowest BCUT2D eigenvalue weighted by Gasteiger charge is -2.12. The van der Waals surface area contributed by atoms with E-state index in [-0.39, 0.29) is 11.3 Å². The van der Waals surface area contributed by atoms with E-state index in [0.29, 0.717) is 5.75 Å². The van der Waals surface area contributed by atoms with Gasteiger partial charge in [0.05, 0.1) is 24.3 Å². The Balaban J connectivity index is 2.16. The maximum atomic E-state index is 12.2. The van der Waals surface area contributed by atoms with Crippen molar-refractivity contribution in [3.05, 3.63) is 83.6 Å². The average molecular weight is 322 g/mol. The van der Waals surface area contributed by atoms with Crippen LogP contribution in [-0.2, 0) is 4.79 Å². The van der Waals surface area contributed by atoms with Crippen LogP contribution in [0.4, 0.5) is 0 Å². The number of aliphatic carboxylic acids is 1. The Bertz CT molecular complexity index is 779. The molecule has 0 radical (unpaired) electrons. The summed E-state index contributed by atoms with van der Waals surface area (Å²) in [6, 6.07) is 15.9. The molecule has 1 N–H and O–H groups in total. The summed E-state index contributed by atoms with van der Waals surface area (Å²) in [4.78, 5) is 23.4. The van der Waals surface area contributed by atoms with E-state index >= 15 is 0 Å². The first-order valence-electron chi connectivity index (χ1n) is 7.21. The van der Waals surface area contributed by atoms with E-state index in [0.717, 1.165) is 5.56 Å². The highest BCUT2D eigenvalue weighted by atomic mass is 16.5. The first-order chi connectivity index (χ1) is 11.6. The monoisotopic (exact) mass is 322 g/mol. The summed E-state index contributed by atoms with van der Waals surface area (Å²) in [5.74, 6) is -1.71. The quantitative estimate of drug-likeness (QED) is 0.649. The van der Waals surface area contributed by atoms with Gasteiger partial charge >= 0.3 is 0 Å². The highest BCUT2D eigenvalue weighted by Gasteiger charge is 2.12. The molecule has 5 nitrogen and oxygen atoms in total. The van der Waals surface area contributed by atoms with Crippen LogP contribution in [0, 0.1) is 0 Å². The number of carbonyl (C=O) groups is 2. The normalized spacial score (nSPS) is 11.3. The number of nitrogens with one attached hydrogen (secondary N) is 1. The molecule has 0 saturated heterocycles. The van der Waals surface area contributed by atoms with Crippen molar-refractivity contribution in [3.63, 3.8) is 0 Å². The molecule has 0 atom stereocenters. The third-order valence-corrected chi connectivity index (χ3v) is 3.17. The number of amides is 1. The van der Waals surface area contributed by atoms with Gasteiger partial charge in [0.25, 0.3) is 5.91 Å². The molecule has 0 bridgehead atoms. The van der Waals surface area contributed by atoms with Crippen LogP contribution < -0.4 is 15.2 Å². The molecule has 2 rings (SSSR count). The first-order valence-corrected chi connectivity index (χ1v) is 7.21. The summed E-state index contributed by atoms with van der Waals surface area (Å²) < 4.78 is 5.09. The second kappa shape index (κ2) is 8.33. The lowest BCUT2D eigenvalue weighted by Crippen LogP contribution is -2.35. The molecular weight excluding hydrogens is 306 g/mol. The average Bonchev–Trinajstić information content (AvgIpc) is 2.61. The third-order valence-electron chi connectivity index (χ3n) is 3.17. The molecule has 2 aromatic rings. The number of hydrogen-bond acceptors (Lipinski definition) is 4. The molecule has 0 aromatic heterocycles. The van der Waals surface area contributed by atoms with Crippen molar-refractivity contribution < 1.29 is 19.4 Å². The smallest absolute Gasteiger partial charge is 0.259 e. The van der Waals surface area contributed by atoms with Crippen LogP contribution in [-0.4, -0.2) is 19.0 Å². The summed E-state index contributed by atoms with van der Waals surface area (Å²) in [5, 5.41) is 13.5. The fourth-order valence-electron chi connectivity index (χ4n) is 2.00. The second-order valence-corrected chi connectivity index (χ2v) is 4.79. The van der Waals surface area contributed by atoms with Gasteiger partial charge in [-0.05, 0) is 23.8 Å². The maximum Gasteiger partial charge on any atom is 0.259 e. The molecule has 2 aromatic carbocycles. The van der Waals surface area contributed by atoms with Crippen molar-refractivity contribution in [1.29, 1.82) is 0 Å². The van der Waals surface area contributed by atoms with Crippen LogP contribution in [0.15, 0.2) is 72.4 Å². The highest BCUT2D eigenvalue weighted by Crippen LogP contribution is 2.17. The van der Waals surface area contributed by atoms with Gasteiger partial charge in [0, 0.05) is 0 Å². The third kappa shape index (κ3) is 4.58. The number of methoxy groups -OCH3 is 1. The van der Waals surface area contributed by atoms with Gasteiger partial charge in [-0.1, -0.05) is 54.6 Å². The minimum atomic E-state index is -1.48. The van der Waals surface area contributed by atoms with Gasteiger partial charge in [0.1, 0.15) is 5.75 Å². The van der Waals surface area contributed by atoms with Crippen LogP contribution in [0.25, 0.3) is 6.08 Å². The fraction of sp³-hybridized carbons (Fsp3) is 0.0526. The van der Waals surface area contributed by atoms with Crippen molar-refractivity contribution in [1.82, 2.24) is 5.32 Å². The Morgan fingerprint density at radius 2 is 1.71 bits per heavy atom. The second-order valence-electron chi connectivity index (χ2n) is 4.79. The summed E-state index contributed by atoms with van der Waals surface area (Å²) in [6.45, 7) is 0. The Morgan fingerprint density at radius 3 is 2.38 bits per heavy atom. The molecule has 0 unspecified atom stereocenters. The number of allylic oxidation sites excluding steroid dienone is 2. The predicted octanol–water partition coefficient (Wildman–Crippen LogP) is 1.77. The minimum absolute atomic E-state index is 0.235.